The normalized spacial score (nSPS) is 22.5. The van der Waals surface area contributed by atoms with E-state index in [1.807, 2.05) is 0 Å². The minimum absolute atomic E-state index is 0.182. The number of benzene rings is 1. The van der Waals surface area contributed by atoms with Crippen LogP contribution in [0.4, 0.5) is 15.8 Å². The molecule has 1 aromatic rings. The summed E-state index contributed by atoms with van der Waals surface area (Å²) < 4.78 is 13.5. The van der Waals surface area contributed by atoms with Crippen molar-refractivity contribution in [2.75, 3.05) is 25.0 Å². The average Bonchev–Trinajstić information content (AvgIpc) is 3.19. The van der Waals surface area contributed by atoms with Gasteiger partial charge in [0.25, 0.3) is 5.69 Å². The van der Waals surface area contributed by atoms with Crippen molar-refractivity contribution in [3.05, 3.63) is 33.1 Å². The van der Waals surface area contributed by atoms with Crippen molar-refractivity contribution in [1.82, 2.24) is 4.90 Å². The number of anilines is 1. The fraction of sp³-hybridized carbons (Fsp3) is 0.571. The van der Waals surface area contributed by atoms with Crippen LogP contribution in [0, 0.1) is 21.8 Å². The van der Waals surface area contributed by atoms with Crippen LogP contribution in [0.15, 0.2) is 12.1 Å². The molecule has 0 radical (unpaired) electrons. The predicted molar refractivity (Wildman–Crippen MR) is 79.3 cm³/mol. The van der Waals surface area contributed by atoms with Crippen LogP contribution in [0.3, 0.4) is 0 Å². The first kappa shape index (κ1) is 14.5. The largest absolute Gasteiger partial charge is 0.379 e. The second-order valence-electron chi connectivity index (χ2n) is 5.80. The molecule has 3 rings (SSSR count). The van der Waals surface area contributed by atoms with E-state index in [2.05, 4.69) is 10.2 Å². The van der Waals surface area contributed by atoms with Gasteiger partial charge < -0.3 is 10.2 Å². The highest BCUT2D eigenvalue weighted by atomic mass is 35.5. The molecule has 2 aliphatic rings. The van der Waals surface area contributed by atoms with Crippen LogP contribution >= 0.6 is 11.6 Å². The van der Waals surface area contributed by atoms with Crippen LogP contribution < -0.4 is 5.32 Å². The fourth-order valence-electron chi connectivity index (χ4n) is 2.88. The Morgan fingerprint density at radius 3 is 2.86 bits per heavy atom. The zero-order valence-corrected chi connectivity index (χ0v) is 12.3. The lowest BCUT2D eigenvalue weighted by molar-refractivity contribution is -0.384. The molecule has 0 spiro atoms. The molecule has 1 saturated carbocycles. The van der Waals surface area contributed by atoms with Crippen molar-refractivity contribution in [2.45, 2.75) is 25.3 Å². The third kappa shape index (κ3) is 3.27. The third-order valence-electron chi connectivity index (χ3n) is 4.20. The van der Waals surface area contributed by atoms with E-state index >= 15 is 0 Å². The van der Waals surface area contributed by atoms with E-state index in [0.717, 1.165) is 37.7 Å². The van der Waals surface area contributed by atoms with Gasteiger partial charge in [0, 0.05) is 31.3 Å². The van der Waals surface area contributed by atoms with Gasteiger partial charge in [-0.1, -0.05) is 11.6 Å². The minimum atomic E-state index is -0.643. The van der Waals surface area contributed by atoms with Crippen LogP contribution in [0.2, 0.25) is 5.02 Å². The van der Waals surface area contributed by atoms with E-state index in [4.69, 9.17) is 11.6 Å². The van der Waals surface area contributed by atoms with E-state index in [0.29, 0.717) is 12.5 Å². The first-order valence-corrected chi connectivity index (χ1v) is 7.53. The van der Waals surface area contributed by atoms with Crippen molar-refractivity contribution in [1.29, 1.82) is 0 Å². The van der Waals surface area contributed by atoms with Gasteiger partial charge in [-0.25, -0.2) is 4.39 Å². The monoisotopic (exact) mass is 313 g/mol. The molecule has 1 unspecified atom stereocenters. The van der Waals surface area contributed by atoms with Gasteiger partial charge in [0.15, 0.2) is 0 Å². The highest BCUT2D eigenvalue weighted by molar-refractivity contribution is 6.31. The van der Waals surface area contributed by atoms with Gasteiger partial charge in [-0.2, -0.15) is 0 Å². The lowest BCUT2D eigenvalue weighted by Crippen LogP contribution is -2.24. The SMILES string of the molecule is O=[N+]([O-])c1cc(Cl)c(F)cc1NCC1CCN(C2CC2)C1. The van der Waals surface area contributed by atoms with Gasteiger partial charge >= 0.3 is 0 Å². The molecule has 0 aromatic heterocycles. The molecular formula is C14H17ClFN3O2. The maximum Gasteiger partial charge on any atom is 0.294 e. The second-order valence-corrected chi connectivity index (χ2v) is 6.21. The summed E-state index contributed by atoms with van der Waals surface area (Å²) in [6.07, 6.45) is 3.65. The number of hydrogen-bond donors (Lipinski definition) is 1. The van der Waals surface area contributed by atoms with Crippen LogP contribution in [-0.2, 0) is 0 Å². The molecule has 1 atom stereocenters. The number of halogens is 2. The lowest BCUT2D eigenvalue weighted by Gasteiger charge is -2.15. The molecule has 1 heterocycles. The van der Waals surface area contributed by atoms with E-state index in [1.165, 1.54) is 12.8 Å². The molecule has 21 heavy (non-hydrogen) atoms. The summed E-state index contributed by atoms with van der Waals surface area (Å²) in [6.45, 7) is 2.72. The molecular weight excluding hydrogens is 297 g/mol. The molecule has 5 nitrogen and oxygen atoms in total. The zero-order valence-electron chi connectivity index (χ0n) is 11.5. The van der Waals surface area contributed by atoms with Crippen molar-refractivity contribution >= 4 is 23.0 Å². The van der Waals surface area contributed by atoms with Crippen molar-refractivity contribution < 1.29 is 9.31 Å². The summed E-state index contributed by atoms with van der Waals surface area (Å²) in [5.41, 5.74) is 0.0187. The van der Waals surface area contributed by atoms with Gasteiger partial charge in [0.2, 0.25) is 0 Å². The smallest absolute Gasteiger partial charge is 0.294 e. The zero-order chi connectivity index (χ0) is 15.0. The van der Waals surface area contributed by atoms with Crippen LogP contribution in [0.25, 0.3) is 0 Å². The van der Waals surface area contributed by atoms with E-state index in [9.17, 15) is 14.5 Å². The van der Waals surface area contributed by atoms with Gasteiger partial charge in [-0.05, 0) is 31.7 Å². The summed E-state index contributed by atoms with van der Waals surface area (Å²) in [5, 5.41) is 13.8. The van der Waals surface area contributed by atoms with Crippen LogP contribution in [-0.4, -0.2) is 35.5 Å². The van der Waals surface area contributed by atoms with Gasteiger partial charge in [-0.3, -0.25) is 10.1 Å². The Morgan fingerprint density at radius 1 is 1.43 bits per heavy atom. The number of nitrogens with one attached hydrogen (secondary N) is 1. The number of rotatable bonds is 5. The fourth-order valence-corrected chi connectivity index (χ4v) is 3.04. The number of likely N-dealkylation sites (tertiary alicyclic amines) is 1. The van der Waals surface area contributed by atoms with E-state index in [1.54, 1.807) is 0 Å². The summed E-state index contributed by atoms with van der Waals surface area (Å²) in [4.78, 5) is 12.9. The predicted octanol–water partition coefficient (Wildman–Crippen LogP) is 3.28. The van der Waals surface area contributed by atoms with Crippen LogP contribution in [0.5, 0.6) is 0 Å². The molecule has 2 fully saturated rings. The molecule has 1 saturated heterocycles. The maximum atomic E-state index is 13.5. The standard InChI is InChI=1S/C14H17ClFN3O2/c15-11-5-14(19(20)21)13(6-12(11)16)17-7-9-3-4-18(8-9)10-1-2-10/h5-6,9-10,17H,1-4,7-8H2. The Kier molecular flexibility index (Phi) is 3.99. The molecule has 1 aliphatic carbocycles. The third-order valence-corrected chi connectivity index (χ3v) is 4.49. The van der Waals surface area contributed by atoms with Gasteiger partial charge in [-0.15, -0.1) is 0 Å². The van der Waals surface area contributed by atoms with E-state index in [-0.39, 0.29) is 16.4 Å². The molecule has 1 N–H and O–H groups in total. The molecule has 7 heteroatoms. The Bertz CT molecular complexity index is 565. The van der Waals surface area contributed by atoms with Gasteiger partial charge in [0.1, 0.15) is 11.5 Å². The van der Waals surface area contributed by atoms with E-state index < -0.39 is 10.7 Å². The summed E-state index contributed by atoms with van der Waals surface area (Å²) in [7, 11) is 0. The van der Waals surface area contributed by atoms with Crippen molar-refractivity contribution in [3.8, 4) is 0 Å². The Balaban J connectivity index is 1.64. The first-order valence-electron chi connectivity index (χ1n) is 7.16. The Labute approximate surface area is 127 Å². The quantitative estimate of drug-likeness (QED) is 0.669. The Hall–Kier alpha value is -1.40. The molecule has 1 aliphatic heterocycles. The van der Waals surface area contributed by atoms with Crippen molar-refractivity contribution in [2.24, 2.45) is 5.92 Å². The number of hydrogen-bond acceptors (Lipinski definition) is 4. The minimum Gasteiger partial charge on any atom is -0.379 e. The number of nitro benzene ring substituents is 1. The number of nitro groups is 1. The highest BCUT2D eigenvalue weighted by Gasteiger charge is 2.34. The molecule has 0 bridgehead atoms. The van der Waals surface area contributed by atoms with Gasteiger partial charge in [0.05, 0.1) is 9.95 Å². The lowest BCUT2D eigenvalue weighted by atomic mass is 10.1. The second kappa shape index (κ2) is 5.77. The number of nitrogens with zero attached hydrogens (tertiary/aromatic N) is 2. The van der Waals surface area contributed by atoms with Crippen molar-refractivity contribution in [3.63, 3.8) is 0 Å². The highest BCUT2D eigenvalue weighted by Crippen LogP contribution is 2.33. The topological polar surface area (TPSA) is 58.4 Å². The summed E-state index contributed by atoms with van der Waals surface area (Å²) in [6, 6.07) is 2.91. The average molecular weight is 314 g/mol. The molecule has 1 aromatic carbocycles. The molecule has 0 amide bonds. The summed E-state index contributed by atoms with van der Waals surface area (Å²) >= 11 is 5.60. The summed E-state index contributed by atoms with van der Waals surface area (Å²) in [5.74, 6) is -0.195. The first-order chi connectivity index (χ1) is 10.0. The maximum absolute atomic E-state index is 13.5. The Morgan fingerprint density at radius 2 is 2.19 bits per heavy atom. The van der Waals surface area contributed by atoms with Crippen LogP contribution in [0.1, 0.15) is 19.3 Å². The molecule has 114 valence electrons.